The molecule has 0 amide bonds. The van der Waals surface area contributed by atoms with Gasteiger partial charge in [-0.05, 0) is 36.8 Å². The second-order valence-corrected chi connectivity index (χ2v) is 6.29. The second-order valence-electron chi connectivity index (χ2n) is 6.29. The molecule has 0 saturated heterocycles. The molecule has 134 valence electrons. The number of halogens is 3. The van der Waals surface area contributed by atoms with Crippen LogP contribution in [0.3, 0.4) is 0 Å². The van der Waals surface area contributed by atoms with E-state index in [0.717, 1.165) is 12.8 Å². The fourth-order valence-electron chi connectivity index (χ4n) is 3.26. The first-order valence-electron chi connectivity index (χ1n) is 8.54. The number of benzene rings is 1. The molecule has 1 fully saturated rings. The maximum absolute atomic E-state index is 12.9. The summed E-state index contributed by atoms with van der Waals surface area (Å²) < 4.78 is 38.7. The van der Waals surface area contributed by atoms with Crippen LogP contribution in [0.2, 0.25) is 0 Å². The normalized spacial score (nSPS) is 22.3. The van der Waals surface area contributed by atoms with Gasteiger partial charge < -0.3 is 10.6 Å². The summed E-state index contributed by atoms with van der Waals surface area (Å²) in [6, 6.07) is 7.95. The molecule has 24 heavy (non-hydrogen) atoms. The van der Waals surface area contributed by atoms with E-state index in [2.05, 4.69) is 34.7 Å². The summed E-state index contributed by atoms with van der Waals surface area (Å²) in [7, 11) is 1.64. The monoisotopic (exact) mass is 341 g/mol. The summed E-state index contributed by atoms with van der Waals surface area (Å²) in [5.74, 6) is -0.642. The van der Waals surface area contributed by atoms with Crippen molar-refractivity contribution < 1.29 is 13.2 Å². The molecule has 1 aliphatic carbocycles. The van der Waals surface area contributed by atoms with Crippen molar-refractivity contribution in [2.45, 2.75) is 57.8 Å². The number of aliphatic imine (C=N–C) groups is 1. The predicted molar refractivity (Wildman–Crippen MR) is 91.0 cm³/mol. The van der Waals surface area contributed by atoms with Crippen LogP contribution in [0.15, 0.2) is 29.3 Å². The SMILES string of the molecule is CCc1ccccc1CNC(=NC)NC1CCCC(C(F)(F)F)C1. The van der Waals surface area contributed by atoms with Crippen LogP contribution in [-0.4, -0.2) is 25.2 Å². The van der Waals surface area contributed by atoms with Gasteiger partial charge in [0.1, 0.15) is 0 Å². The highest BCUT2D eigenvalue weighted by Gasteiger charge is 2.42. The molecule has 3 nitrogen and oxygen atoms in total. The quantitative estimate of drug-likeness (QED) is 0.641. The van der Waals surface area contributed by atoms with E-state index in [9.17, 15) is 13.2 Å². The van der Waals surface area contributed by atoms with E-state index in [1.807, 2.05) is 12.1 Å². The average molecular weight is 341 g/mol. The van der Waals surface area contributed by atoms with E-state index in [-0.39, 0.29) is 18.9 Å². The standard InChI is InChI=1S/C18H26F3N3/c1-3-13-7-4-5-8-14(13)12-23-17(22-2)24-16-10-6-9-15(11-16)18(19,20)21/h4-5,7-8,15-16H,3,6,9-12H2,1-2H3,(H2,22,23,24). The second kappa shape index (κ2) is 8.40. The van der Waals surface area contributed by atoms with Crippen LogP contribution >= 0.6 is 0 Å². The minimum absolute atomic E-state index is 0.121. The Balaban J connectivity index is 1.90. The van der Waals surface area contributed by atoms with Gasteiger partial charge in [-0.2, -0.15) is 13.2 Å². The molecule has 0 spiro atoms. The summed E-state index contributed by atoms with van der Waals surface area (Å²) in [6.07, 6.45) is -1.46. The smallest absolute Gasteiger partial charge is 0.354 e. The summed E-state index contributed by atoms with van der Waals surface area (Å²) in [4.78, 5) is 4.15. The summed E-state index contributed by atoms with van der Waals surface area (Å²) in [5, 5.41) is 6.37. The Labute approximate surface area is 141 Å². The van der Waals surface area contributed by atoms with Gasteiger partial charge in [0.05, 0.1) is 5.92 Å². The lowest BCUT2D eigenvalue weighted by molar-refractivity contribution is -0.183. The van der Waals surface area contributed by atoms with Crippen molar-refractivity contribution >= 4 is 5.96 Å². The molecule has 2 rings (SSSR count). The van der Waals surface area contributed by atoms with E-state index in [1.54, 1.807) is 7.05 Å². The molecule has 0 aliphatic heterocycles. The highest BCUT2D eigenvalue weighted by atomic mass is 19.4. The van der Waals surface area contributed by atoms with Crippen LogP contribution in [0.4, 0.5) is 13.2 Å². The first-order chi connectivity index (χ1) is 11.4. The molecular formula is C18H26F3N3. The van der Waals surface area contributed by atoms with Crippen molar-refractivity contribution in [2.24, 2.45) is 10.9 Å². The van der Waals surface area contributed by atoms with Gasteiger partial charge in [-0.15, -0.1) is 0 Å². The largest absolute Gasteiger partial charge is 0.391 e. The van der Waals surface area contributed by atoms with Gasteiger partial charge in [0, 0.05) is 19.6 Å². The van der Waals surface area contributed by atoms with E-state index < -0.39 is 12.1 Å². The topological polar surface area (TPSA) is 36.4 Å². The molecular weight excluding hydrogens is 315 g/mol. The Hall–Kier alpha value is -1.72. The third-order valence-electron chi connectivity index (χ3n) is 4.65. The third kappa shape index (κ3) is 5.14. The van der Waals surface area contributed by atoms with E-state index in [0.29, 0.717) is 18.9 Å². The zero-order valence-corrected chi connectivity index (χ0v) is 14.3. The van der Waals surface area contributed by atoms with Crippen molar-refractivity contribution in [3.05, 3.63) is 35.4 Å². The van der Waals surface area contributed by atoms with Crippen molar-refractivity contribution in [3.8, 4) is 0 Å². The van der Waals surface area contributed by atoms with Crippen molar-refractivity contribution in [3.63, 3.8) is 0 Å². The zero-order valence-electron chi connectivity index (χ0n) is 14.3. The van der Waals surface area contributed by atoms with E-state index >= 15 is 0 Å². The van der Waals surface area contributed by atoms with Crippen LogP contribution in [0.5, 0.6) is 0 Å². The Morgan fingerprint density at radius 2 is 1.92 bits per heavy atom. The molecule has 1 aromatic carbocycles. The minimum Gasteiger partial charge on any atom is -0.354 e. The Kier molecular flexibility index (Phi) is 6.52. The summed E-state index contributed by atoms with van der Waals surface area (Å²) in [5.41, 5.74) is 2.44. The van der Waals surface area contributed by atoms with Crippen LogP contribution in [0.1, 0.15) is 43.7 Å². The average Bonchev–Trinajstić information content (AvgIpc) is 2.58. The number of rotatable bonds is 4. The lowest BCUT2D eigenvalue weighted by Crippen LogP contribution is -2.46. The van der Waals surface area contributed by atoms with Gasteiger partial charge in [0.15, 0.2) is 5.96 Å². The van der Waals surface area contributed by atoms with Gasteiger partial charge in [0.2, 0.25) is 0 Å². The summed E-state index contributed by atoms with van der Waals surface area (Å²) in [6.45, 7) is 2.71. The molecule has 0 aromatic heterocycles. The minimum atomic E-state index is -4.10. The van der Waals surface area contributed by atoms with Gasteiger partial charge >= 0.3 is 6.18 Å². The zero-order chi connectivity index (χ0) is 17.6. The Bertz CT molecular complexity index is 555. The first-order valence-corrected chi connectivity index (χ1v) is 8.54. The molecule has 6 heteroatoms. The molecule has 0 heterocycles. The van der Waals surface area contributed by atoms with Crippen molar-refractivity contribution in [1.82, 2.24) is 10.6 Å². The van der Waals surface area contributed by atoms with Gasteiger partial charge in [0.25, 0.3) is 0 Å². The fourth-order valence-corrected chi connectivity index (χ4v) is 3.26. The van der Waals surface area contributed by atoms with Crippen molar-refractivity contribution in [1.29, 1.82) is 0 Å². The van der Waals surface area contributed by atoms with Gasteiger partial charge in [-0.3, -0.25) is 4.99 Å². The maximum atomic E-state index is 12.9. The maximum Gasteiger partial charge on any atom is 0.391 e. The number of aryl methyl sites for hydroxylation is 1. The third-order valence-corrected chi connectivity index (χ3v) is 4.65. The van der Waals surface area contributed by atoms with E-state index in [1.165, 1.54) is 11.1 Å². The molecule has 2 unspecified atom stereocenters. The molecule has 1 aromatic rings. The highest BCUT2D eigenvalue weighted by Crippen LogP contribution is 2.37. The number of guanidine groups is 1. The van der Waals surface area contributed by atoms with Crippen LogP contribution in [-0.2, 0) is 13.0 Å². The number of hydrogen-bond acceptors (Lipinski definition) is 1. The van der Waals surface area contributed by atoms with Crippen LogP contribution in [0.25, 0.3) is 0 Å². The van der Waals surface area contributed by atoms with Gasteiger partial charge in [-0.1, -0.05) is 37.6 Å². The Morgan fingerprint density at radius 1 is 1.21 bits per heavy atom. The van der Waals surface area contributed by atoms with E-state index in [4.69, 9.17) is 0 Å². The fraction of sp³-hybridized carbons (Fsp3) is 0.611. The van der Waals surface area contributed by atoms with Crippen molar-refractivity contribution in [2.75, 3.05) is 7.05 Å². The number of nitrogens with zero attached hydrogens (tertiary/aromatic N) is 1. The number of nitrogens with one attached hydrogen (secondary N) is 2. The number of alkyl halides is 3. The molecule has 1 aliphatic rings. The Morgan fingerprint density at radius 3 is 2.54 bits per heavy atom. The molecule has 2 N–H and O–H groups in total. The number of hydrogen-bond donors (Lipinski definition) is 2. The first kappa shape index (κ1) is 18.6. The van der Waals surface area contributed by atoms with Gasteiger partial charge in [-0.25, -0.2) is 0 Å². The van der Waals surface area contributed by atoms with Crippen LogP contribution in [0, 0.1) is 5.92 Å². The molecule has 1 saturated carbocycles. The summed E-state index contributed by atoms with van der Waals surface area (Å²) >= 11 is 0. The molecule has 0 radical (unpaired) electrons. The molecule has 0 bridgehead atoms. The highest BCUT2D eigenvalue weighted by molar-refractivity contribution is 5.80. The predicted octanol–water partition coefficient (Wildman–Crippen LogP) is 4.04. The lowest BCUT2D eigenvalue weighted by Gasteiger charge is -2.32. The molecule has 2 atom stereocenters. The van der Waals surface area contributed by atoms with Crippen LogP contribution < -0.4 is 10.6 Å². The lowest BCUT2D eigenvalue weighted by atomic mass is 9.85.